The van der Waals surface area contributed by atoms with Crippen molar-refractivity contribution >= 4 is 21.8 Å². The number of hydrogen-bond donors (Lipinski definition) is 1. The third-order valence-electron chi connectivity index (χ3n) is 4.65. The molecular weight excluding hydrogens is 479 g/mol. The van der Waals surface area contributed by atoms with Crippen molar-refractivity contribution in [1.82, 2.24) is 9.78 Å². The molecule has 3 rings (SSSR count). The van der Waals surface area contributed by atoms with Gasteiger partial charge < -0.3 is 9.47 Å². The largest absolute Gasteiger partial charge is 0.487 e. The number of nitrogens with two attached hydrogens (primary N) is 1. The lowest BCUT2D eigenvalue weighted by Gasteiger charge is -2.11. The first kappa shape index (κ1) is 24.9. The van der Waals surface area contributed by atoms with Gasteiger partial charge in [-0.25, -0.2) is 18.4 Å². The van der Waals surface area contributed by atoms with E-state index in [2.05, 4.69) is 5.10 Å². The van der Waals surface area contributed by atoms with Gasteiger partial charge in [-0.15, -0.1) is 0 Å². The topological polar surface area (TPSA) is 131 Å². The fourth-order valence-corrected chi connectivity index (χ4v) is 3.41. The molecule has 0 saturated carbocycles. The van der Waals surface area contributed by atoms with Crippen LogP contribution in [-0.4, -0.2) is 36.6 Å². The SMILES string of the molecule is Cn1ncc(C(=O)COC(=O)c2cccc(S(N)(=O)=O)c2)c1COc1ccc(C(F)(F)F)cc1. The molecule has 0 radical (unpaired) electrons. The Morgan fingerprint density at radius 1 is 1.12 bits per heavy atom. The van der Waals surface area contributed by atoms with E-state index in [1.807, 2.05) is 0 Å². The molecule has 0 saturated heterocycles. The van der Waals surface area contributed by atoms with Crippen molar-refractivity contribution in [2.75, 3.05) is 6.61 Å². The number of carbonyl (C=O) groups is 2. The molecule has 0 amide bonds. The van der Waals surface area contributed by atoms with E-state index in [1.165, 1.54) is 36.1 Å². The summed E-state index contributed by atoms with van der Waals surface area (Å²) in [5, 5.41) is 9.00. The van der Waals surface area contributed by atoms with Crippen molar-refractivity contribution < 1.29 is 40.7 Å². The summed E-state index contributed by atoms with van der Waals surface area (Å²) >= 11 is 0. The molecule has 0 bridgehead atoms. The van der Waals surface area contributed by atoms with Gasteiger partial charge in [0.15, 0.2) is 6.61 Å². The van der Waals surface area contributed by atoms with E-state index in [0.717, 1.165) is 30.3 Å². The average molecular weight is 497 g/mol. The van der Waals surface area contributed by atoms with Gasteiger partial charge in [-0.3, -0.25) is 9.48 Å². The maximum absolute atomic E-state index is 12.7. The number of ketones is 1. The number of sulfonamides is 1. The second-order valence-corrected chi connectivity index (χ2v) is 8.57. The highest BCUT2D eigenvalue weighted by Crippen LogP contribution is 2.30. The quantitative estimate of drug-likeness (QED) is 0.374. The van der Waals surface area contributed by atoms with Gasteiger partial charge in [-0.05, 0) is 42.5 Å². The van der Waals surface area contributed by atoms with E-state index in [4.69, 9.17) is 14.6 Å². The molecule has 13 heteroatoms. The summed E-state index contributed by atoms with van der Waals surface area (Å²) in [6.07, 6.45) is -3.24. The van der Waals surface area contributed by atoms with Crippen LogP contribution < -0.4 is 9.88 Å². The minimum absolute atomic E-state index is 0.0838. The number of ether oxygens (including phenoxy) is 2. The molecule has 0 fully saturated rings. The van der Waals surface area contributed by atoms with Gasteiger partial charge in [0.2, 0.25) is 15.8 Å². The molecule has 0 atom stereocenters. The van der Waals surface area contributed by atoms with Gasteiger partial charge in [0, 0.05) is 7.05 Å². The summed E-state index contributed by atoms with van der Waals surface area (Å²) in [5.41, 5.74) is -0.554. The maximum atomic E-state index is 12.7. The molecule has 1 aromatic heterocycles. The molecule has 34 heavy (non-hydrogen) atoms. The third-order valence-corrected chi connectivity index (χ3v) is 5.56. The van der Waals surface area contributed by atoms with Crippen molar-refractivity contribution in [2.24, 2.45) is 12.2 Å². The Morgan fingerprint density at radius 2 is 1.79 bits per heavy atom. The Morgan fingerprint density at radius 3 is 2.41 bits per heavy atom. The number of Topliss-reactive ketones (excluding diaryl/α,β-unsaturated/α-hetero) is 1. The number of aromatic nitrogens is 2. The highest BCUT2D eigenvalue weighted by Gasteiger charge is 2.30. The van der Waals surface area contributed by atoms with Gasteiger partial charge in [0.05, 0.1) is 33.5 Å². The van der Waals surface area contributed by atoms with Crippen LogP contribution in [0.2, 0.25) is 0 Å². The summed E-state index contributed by atoms with van der Waals surface area (Å²) in [7, 11) is -2.50. The Hall–Kier alpha value is -3.71. The number of aryl methyl sites for hydroxylation is 1. The number of halogens is 3. The van der Waals surface area contributed by atoms with Gasteiger partial charge >= 0.3 is 12.1 Å². The Kier molecular flexibility index (Phi) is 7.07. The molecule has 1 heterocycles. The zero-order chi connectivity index (χ0) is 25.1. The fourth-order valence-electron chi connectivity index (χ4n) is 2.85. The maximum Gasteiger partial charge on any atom is 0.416 e. The van der Waals surface area contributed by atoms with Crippen LogP contribution in [0.4, 0.5) is 13.2 Å². The van der Waals surface area contributed by atoms with E-state index in [-0.39, 0.29) is 28.4 Å². The van der Waals surface area contributed by atoms with Crippen LogP contribution in [0.25, 0.3) is 0 Å². The molecular formula is C21H18F3N3O6S. The molecule has 2 N–H and O–H groups in total. The van der Waals surface area contributed by atoms with Crippen molar-refractivity contribution in [3.63, 3.8) is 0 Å². The van der Waals surface area contributed by atoms with Crippen LogP contribution in [0, 0.1) is 0 Å². The number of hydrogen-bond acceptors (Lipinski definition) is 7. The normalized spacial score (nSPS) is 11.8. The average Bonchev–Trinajstić information content (AvgIpc) is 3.15. The minimum atomic E-state index is -4.47. The number of primary sulfonamides is 1. The first-order chi connectivity index (χ1) is 15.9. The van der Waals surface area contributed by atoms with Gasteiger partial charge in [-0.1, -0.05) is 6.07 Å². The number of benzene rings is 2. The highest BCUT2D eigenvalue weighted by molar-refractivity contribution is 7.89. The summed E-state index contributed by atoms with van der Waals surface area (Å²) in [6, 6.07) is 8.87. The molecule has 9 nitrogen and oxygen atoms in total. The third kappa shape index (κ3) is 5.99. The van der Waals surface area contributed by atoms with Crippen LogP contribution in [0.15, 0.2) is 59.6 Å². The predicted octanol–water partition coefficient (Wildman–Crippen LogP) is 2.71. The summed E-state index contributed by atoms with van der Waals surface area (Å²) < 4.78 is 72.7. The molecule has 0 aliphatic carbocycles. The van der Waals surface area contributed by atoms with Crippen LogP contribution in [0.1, 0.15) is 32.0 Å². The number of alkyl halides is 3. The number of rotatable bonds is 8. The van der Waals surface area contributed by atoms with Gasteiger partial charge in [0.1, 0.15) is 12.4 Å². The van der Waals surface area contributed by atoms with E-state index < -0.39 is 40.1 Å². The summed E-state index contributed by atoms with van der Waals surface area (Å²) in [5.74, 6) is -1.41. The molecule has 3 aromatic rings. The van der Waals surface area contributed by atoms with Crippen LogP contribution >= 0.6 is 0 Å². The number of carbonyl (C=O) groups excluding carboxylic acids is 2. The Labute approximate surface area is 191 Å². The second-order valence-electron chi connectivity index (χ2n) is 7.01. The molecule has 2 aromatic carbocycles. The first-order valence-corrected chi connectivity index (χ1v) is 11.0. The van der Waals surface area contributed by atoms with Crippen LogP contribution in [0.5, 0.6) is 5.75 Å². The fraction of sp³-hybridized carbons (Fsp3) is 0.190. The van der Waals surface area contributed by atoms with E-state index >= 15 is 0 Å². The predicted molar refractivity (Wildman–Crippen MR) is 111 cm³/mol. The smallest absolute Gasteiger partial charge is 0.416 e. The molecule has 0 aliphatic heterocycles. The lowest BCUT2D eigenvalue weighted by molar-refractivity contribution is -0.137. The Bertz CT molecular complexity index is 1320. The van der Waals surface area contributed by atoms with Crippen LogP contribution in [0.3, 0.4) is 0 Å². The zero-order valence-electron chi connectivity index (χ0n) is 17.6. The standard InChI is InChI=1S/C21H18F3N3O6S/c1-27-18(11-32-15-7-5-14(6-8-15)21(22,23)24)17(10-26-27)19(28)12-33-20(29)13-3-2-4-16(9-13)34(25,30)31/h2-10H,11-12H2,1H3,(H2,25,30,31). The van der Waals surface area contributed by atoms with Crippen molar-refractivity contribution in [3.8, 4) is 5.75 Å². The summed E-state index contributed by atoms with van der Waals surface area (Å²) in [4.78, 5) is 24.5. The number of esters is 1. The molecule has 0 unspecified atom stereocenters. The molecule has 180 valence electrons. The zero-order valence-corrected chi connectivity index (χ0v) is 18.4. The van der Waals surface area contributed by atoms with Gasteiger partial charge in [-0.2, -0.15) is 18.3 Å². The molecule has 0 spiro atoms. The second kappa shape index (κ2) is 9.65. The van der Waals surface area contributed by atoms with E-state index in [0.29, 0.717) is 5.69 Å². The Balaban J connectivity index is 1.65. The minimum Gasteiger partial charge on any atom is -0.487 e. The lowest BCUT2D eigenvalue weighted by atomic mass is 10.1. The van der Waals surface area contributed by atoms with E-state index in [9.17, 15) is 31.2 Å². The van der Waals surface area contributed by atoms with E-state index in [1.54, 1.807) is 0 Å². The summed E-state index contributed by atoms with van der Waals surface area (Å²) in [6.45, 7) is -0.856. The van der Waals surface area contributed by atoms with Gasteiger partial charge in [0.25, 0.3) is 0 Å². The monoisotopic (exact) mass is 497 g/mol. The van der Waals surface area contributed by atoms with Crippen molar-refractivity contribution in [1.29, 1.82) is 0 Å². The highest BCUT2D eigenvalue weighted by atomic mass is 32.2. The van der Waals surface area contributed by atoms with Crippen molar-refractivity contribution in [3.05, 3.63) is 77.1 Å². The number of nitrogens with zero attached hydrogens (tertiary/aromatic N) is 2. The first-order valence-electron chi connectivity index (χ1n) is 9.50. The lowest BCUT2D eigenvalue weighted by Crippen LogP contribution is -2.17. The molecule has 0 aliphatic rings. The van der Waals surface area contributed by atoms with Crippen LogP contribution in [-0.2, 0) is 34.6 Å². The van der Waals surface area contributed by atoms with Crippen molar-refractivity contribution in [2.45, 2.75) is 17.7 Å².